The molecule has 0 N–H and O–H groups in total. The van der Waals surface area contributed by atoms with Crippen molar-refractivity contribution < 1.29 is 9.63 Å². The molecule has 0 spiro atoms. The zero-order chi connectivity index (χ0) is 14.8. The normalized spacial score (nSPS) is 14.5. The summed E-state index contributed by atoms with van der Waals surface area (Å²) in [6.45, 7) is 1.16. The Morgan fingerprint density at radius 3 is 2.76 bits per heavy atom. The fraction of sp³-hybridized carbons (Fsp3) is 0.188. The highest BCUT2D eigenvalue weighted by Crippen LogP contribution is 2.28. The van der Waals surface area contributed by atoms with Gasteiger partial charge in [-0.1, -0.05) is 35.3 Å². The van der Waals surface area contributed by atoms with Crippen molar-refractivity contribution in [1.29, 1.82) is 0 Å². The molecule has 21 heavy (non-hydrogen) atoms. The van der Waals surface area contributed by atoms with Crippen LogP contribution in [-0.4, -0.2) is 24.1 Å². The van der Waals surface area contributed by atoms with Crippen LogP contribution in [0.15, 0.2) is 36.4 Å². The fourth-order valence-corrected chi connectivity index (χ4v) is 2.64. The summed E-state index contributed by atoms with van der Waals surface area (Å²) in [5, 5.41) is 2.37. The molecule has 0 bridgehead atoms. The lowest BCUT2D eigenvalue weighted by atomic mass is 10.0. The van der Waals surface area contributed by atoms with E-state index in [0.29, 0.717) is 28.8 Å². The number of benzene rings is 2. The number of hydrogen-bond donors (Lipinski definition) is 0. The molecule has 5 heteroatoms. The van der Waals surface area contributed by atoms with Crippen molar-refractivity contribution in [2.75, 3.05) is 13.2 Å². The molecule has 0 saturated carbocycles. The van der Waals surface area contributed by atoms with Crippen LogP contribution < -0.4 is 0 Å². The molecule has 1 aliphatic rings. The second-order valence-corrected chi connectivity index (χ2v) is 5.55. The molecule has 0 aromatic heterocycles. The summed E-state index contributed by atoms with van der Waals surface area (Å²) < 4.78 is 0. The first kappa shape index (κ1) is 14.4. The monoisotopic (exact) mass is 320 g/mol. The van der Waals surface area contributed by atoms with E-state index in [2.05, 4.69) is 6.07 Å². The van der Waals surface area contributed by atoms with Crippen molar-refractivity contribution in [2.45, 2.75) is 6.42 Å². The molecule has 2 aromatic rings. The number of carbonyl (C=O) groups is 1. The van der Waals surface area contributed by atoms with Crippen molar-refractivity contribution in [3.63, 3.8) is 0 Å². The highest BCUT2D eigenvalue weighted by Gasteiger charge is 2.23. The van der Waals surface area contributed by atoms with Gasteiger partial charge >= 0.3 is 0 Å². The summed E-state index contributed by atoms with van der Waals surface area (Å²) in [5.41, 5.74) is 2.13. The molecule has 3 rings (SSSR count). The highest BCUT2D eigenvalue weighted by atomic mass is 35.5. The highest BCUT2D eigenvalue weighted by molar-refractivity contribution is 6.34. The van der Waals surface area contributed by atoms with Crippen LogP contribution in [0.3, 0.4) is 0 Å². The van der Waals surface area contributed by atoms with Gasteiger partial charge in [0.25, 0.3) is 5.91 Å². The van der Waals surface area contributed by atoms with E-state index in [9.17, 15) is 4.79 Å². The van der Waals surface area contributed by atoms with Gasteiger partial charge < -0.3 is 0 Å². The fourth-order valence-electron chi connectivity index (χ4n) is 2.20. The molecular formula is C16H12Cl2NO2. The Balaban J connectivity index is 1.91. The van der Waals surface area contributed by atoms with Crippen molar-refractivity contribution in [2.24, 2.45) is 0 Å². The third-order valence-corrected chi connectivity index (χ3v) is 3.80. The van der Waals surface area contributed by atoms with Gasteiger partial charge in [-0.05, 0) is 47.9 Å². The number of nitrogens with zero attached hydrogens (tertiary/aromatic N) is 1. The lowest BCUT2D eigenvalue weighted by molar-refractivity contribution is -0.0768. The number of halogens is 2. The molecule has 1 fully saturated rings. The average Bonchev–Trinajstić information content (AvgIpc) is 3.00. The molecule has 1 radical (unpaired) electrons. The molecule has 0 unspecified atom stereocenters. The lowest BCUT2D eigenvalue weighted by Gasteiger charge is -2.15. The minimum Gasteiger partial charge on any atom is -0.271 e. The van der Waals surface area contributed by atoms with Gasteiger partial charge in [0.05, 0.1) is 23.7 Å². The molecular weight excluding hydrogens is 309 g/mol. The van der Waals surface area contributed by atoms with Gasteiger partial charge in [-0.3, -0.25) is 9.63 Å². The maximum absolute atomic E-state index is 12.3. The summed E-state index contributed by atoms with van der Waals surface area (Å²) >= 11 is 12.2. The molecule has 1 heterocycles. The Bertz CT molecular complexity index is 682. The zero-order valence-electron chi connectivity index (χ0n) is 11.1. The van der Waals surface area contributed by atoms with Crippen LogP contribution in [0.2, 0.25) is 10.0 Å². The summed E-state index contributed by atoms with van der Waals surface area (Å²) in [6, 6.07) is 13.7. The quantitative estimate of drug-likeness (QED) is 0.828. The summed E-state index contributed by atoms with van der Waals surface area (Å²) in [4.78, 5) is 17.5. The van der Waals surface area contributed by atoms with E-state index >= 15 is 0 Å². The largest absolute Gasteiger partial charge is 0.278 e. The Morgan fingerprint density at radius 1 is 1.24 bits per heavy atom. The van der Waals surface area contributed by atoms with Crippen LogP contribution >= 0.6 is 23.2 Å². The first-order valence-corrected chi connectivity index (χ1v) is 7.33. The number of rotatable bonds is 2. The number of hydroxylamine groups is 2. The Hall–Kier alpha value is -1.55. The van der Waals surface area contributed by atoms with Crippen molar-refractivity contribution in [1.82, 2.24) is 5.06 Å². The van der Waals surface area contributed by atoms with E-state index in [1.54, 1.807) is 30.3 Å². The van der Waals surface area contributed by atoms with Gasteiger partial charge in [-0.2, -0.15) is 0 Å². The molecule has 3 nitrogen and oxygen atoms in total. The molecule has 1 saturated heterocycles. The SMILES string of the molecule is O=C(c1ccc(-c2[c]ccc(Cl)c2)cc1Cl)N1CCCO1. The Labute approximate surface area is 133 Å². The van der Waals surface area contributed by atoms with Gasteiger partial charge in [-0.15, -0.1) is 0 Å². The predicted molar refractivity (Wildman–Crippen MR) is 82.3 cm³/mol. The minimum atomic E-state index is -0.209. The number of hydrogen-bond acceptors (Lipinski definition) is 2. The maximum atomic E-state index is 12.3. The summed E-state index contributed by atoms with van der Waals surface area (Å²) in [6.07, 6.45) is 0.846. The third-order valence-electron chi connectivity index (χ3n) is 3.25. The van der Waals surface area contributed by atoms with Gasteiger partial charge in [0.15, 0.2) is 0 Å². The lowest BCUT2D eigenvalue weighted by Crippen LogP contribution is -2.26. The third kappa shape index (κ3) is 3.05. The minimum absolute atomic E-state index is 0.209. The first-order valence-electron chi connectivity index (χ1n) is 6.57. The van der Waals surface area contributed by atoms with Crippen LogP contribution in [0.4, 0.5) is 0 Å². The van der Waals surface area contributed by atoms with Gasteiger partial charge in [-0.25, -0.2) is 5.06 Å². The second kappa shape index (κ2) is 6.06. The number of amides is 1. The summed E-state index contributed by atoms with van der Waals surface area (Å²) in [7, 11) is 0. The van der Waals surface area contributed by atoms with E-state index in [1.807, 2.05) is 6.07 Å². The molecule has 2 aromatic carbocycles. The molecule has 1 amide bonds. The van der Waals surface area contributed by atoms with E-state index in [-0.39, 0.29) is 5.91 Å². The second-order valence-electron chi connectivity index (χ2n) is 4.71. The van der Waals surface area contributed by atoms with Crippen LogP contribution in [0.5, 0.6) is 0 Å². The van der Waals surface area contributed by atoms with Crippen LogP contribution in [0.25, 0.3) is 11.1 Å². The van der Waals surface area contributed by atoms with E-state index in [4.69, 9.17) is 28.0 Å². The van der Waals surface area contributed by atoms with E-state index in [0.717, 1.165) is 17.5 Å². The number of carbonyl (C=O) groups excluding carboxylic acids is 1. The van der Waals surface area contributed by atoms with Gasteiger partial charge in [0, 0.05) is 5.02 Å². The Morgan fingerprint density at radius 2 is 2.10 bits per heavy atom. The van der Waals surface area contributed by atoms with Crippen molar-refractivity contribution >= 4 is 29.1 Å². The standard InChI is InChI=1S/C16H12Cl2NO2/c17-13-4-1-3-11(9-13)12-5-6-14(15(18)10-12)16(20)19-7-2-8-21-19/h1,4-6,9-10H,2,7-8H2. The van der Waals surface area contributed by atoms with Gasteiger partial charge in [0.2, 0.25) is 0 Å². The molecule has 1 aliphatic heterocycles. The van der Waals surface area contributed by atoms with E-state index < -0.39 is 0 Å². The maximum Gasteiger partial charge on any atom is 0.278 e. The van der Waals surface area contributed by atoms with Crippen LogP contribution in [-0.2, 0) is 4.84 Å². The van der Waals surface area contributed by atoms with E-state index in [1.165, 1.54) is 5.06 Å². The molecule has 107 valence electrons. The Kier molecular flexibility index (Phi) is 4.15. The topological polar surface area (TPSA) is 29.5 Å². The van der Waals surface area contributed by atoms with Crippen LogP contribution in [0.1, 0.15) is 16.8 Å². The first-order chi connectivity index (χ1) is 10.1. The predicted octanol–water partition coefficient (Wildman–Crippen LogP) is 4.24. The zero-order valence-corrected chi connectivity index (χ0v) is 12.6. The smallest absolute Gasteiger partial charge is 0.271 e. The van der Waals surface area contributed by atoms with Crippen molar-refractivity contribution in [3.8, 4) is 11.1 Å². The van der Waals surface area contributed by atoms with Gasteiger partial charge in [0.1, 0.15) is 0 Å². The van der Waals surface area contributed by atoms with Crippen LogP contribution in [0, 0.1) is 6.07 Å². The average molecular weight is 321 g/mol. The summed E-state index contributed by atoms with van der Waals surface area (Å²) in [5.74, 6) is -0.209. The molecule has 0 aliphatic carbocycles. The molecule has 0 atom stereocenters. The van der Waals surface area contributed by atoms with Crippen molar-refractivity contribution in [3.05, 3.63) is 58.1 Å².